The third kappa shape index (κ3) is 6.12. The lowest BCUT2D eigenvalue weighted by Gasteiger charge is -2.17. The molecule has 0 unspecified atom stereocenters. The van der Waals surface area contributed by atoms with E-state index in [-0.39, 0.29) is 0 Å². The molecule has 0 bridgehead atoms. The van der Waals surface area contributed by atoms with Gasteiger partial charge < -0.3 is 9.47 Å². The van der Waals surface area contributed by atoms with Crippen LogP contribution >= 0.6 is 0 Å². The van der Waals surface area contributed by atoms with Gasteiger partial charge in [0.05, 0.1) is 20.3 Å². The molecule has 0 spiro atoms. The molecule has 0 N–H and O–H groups in total. The van der Waals surface area contributed by atoms with E-state index in [2.05, 4.69) is 25.8 Å². The van der Waals surface area contributed by atoms with Crippen molar-refractivity contribution in [2.24, 2.45) is 0 Å². The van der Waals surface area contributed by atoms with E-state index in [0.29, 0.717) is 12.2 Å². The van der Waals surface area contributed by atoms with Crippen LogP contribution in [0, 0.1) is 11.3 Å². The number of hydrogen-bond acceptors (Lipinski definition) is 3. The number of methoxy groups -OCH3 is 2. The van der Waals surface area contributed by atoms with Crippen molar-refractivity contribution < 1.29 is 9.47 Å². The van der Waals surface area contributed by atoms with E-state index in [0.717, 1.165) is 56.7 Å². The van der Waals surface area contributed by atoms with Gasteiger partial charge >= 0.3 is 0 Å². The van der Waals surface area contributed by atoms with Gasteiger partial charge in [-0.3, -0.25) is 0 Å². The van der Waals surface area contributed by atoms with Crippen LogP contribution in [0.15, 0.2) is 102 Å². The van der Waals surface area contributed by atoms with E-state index >= 15 is 0 Å². The SMILES string of the molecule is C=C(C)/C=C\C(=C/C)c1ccc(C(=C)/C=C(/OC)C(=C)C2=CC=C(C#N)CC2)cc1OC. The summed E-state index contributed by atoms with van der Waals surface area (Å²) in [7, 11) is 3.29. The van der Waals surface area contributed by atoms with Gasteiger partial charge in [0.1, 0.15) is 11.5 Å². The second-order valence-corrected chi connectivity index (χ2v) is 7.55. The maximum absolute atomic E-state index is 9.04. The van der Waals surface area contributed by atoms with Crippen molar-refractivity contribution in [3.8, 4) is 11.8 Å². The van der Waals surface area contributed by atoms with E-state index in [1.165, 1.54) is 0 Å². The molecule has 0 aliphatic heterocycles. The Hall–Kier alpha value is -3.77. The molecule has 32 heavy (non-hydrogen) atoms. The summed E-state index contributed by atoms with van der Waals surface area (Å²) < 4.78 is 11.3. The van der Waals surface area contributed by atoms with Gasteiger partial charge in [-0.25, -0.2) is 0 Å². The molecule has 1 aliphatic carbocycles. The number of hydrogen-bond donors (Lipinski definition) is 0. The van der Waals surface area contributed by atoms with Gasteiger partial charge in [0.15, 0.2) is 0 Å². The molecule has 0 saturated carbocycles. The first-order valence-electron chi connectivity index (χ1n) is 10.5. The van der Waals surface area contributed by atoms with E-state index < -0.39 is 0 Å². The molecular formula is C29H31NO2. The highest BCUT2D eigenvalue weighted by molar-refractivity contribution is 5.81. The molecule has 0 aromatic heterocycles. The van der Waals surface area contributed by atoms with Crippen LogP contribution in [0.2, 0.25) is 0 Å². The Bertz CT molecular complexity index is 1110. The van der Waals surface area contributed by atoms with Crippen molar-refractivity contribution >= 4 is 11.1 Å². The molecule has 3 heteroatoms. The largest absolute Gasteiger partial charge is 0.496 e. The molecule has 0 fully saturated rings. The first-order valence-corrected chi connectivity index (χ1v) is 10.5. The standard InChI is InChI=1S/C29H31NO2/c1-8-24(12-9-20(2)3)27-16-15-26(18-29(27)32-7)21(4)17-28(31-6)22(5)25-13-10-23(19-30)11-14-25/h8-10,12-13,15-18H,2,4-5,11,14H2,1,3,6-7H3/b12-9-,24-8+,28-17+. The maximum atomic E-state index is 9.04. The van der Waals surface area contributed by atoms with Crippen LogP contribution < -0.4 is 4.74 Å². The van der Waals surface area contributed by atoms with E-state index in [1.807, 2.05) is 68.5 Å². The summed E-state index contributed by atoms with van der Waals surface area (Å²) in [5.41, 5.74) is 7.38. The van der Waals surface area contributed by atoms with Crippen molar-refractivity contribution in [2.45, 2.75) is 26.7 Å². The van der Waals surface area contributed by atoms with Crippen molar-refractivity contribution in [1.82, 2.24) is 0 Å². The number of nitriles is 1. The van der Waals surface area contributed by atoms with Crippen LogP contribution in [0.5, 0.6) is 5.75 Å². The quantitative estimate of drug-likeness (QED) is 0.304. The zero-order valence-corrected chi connectivity index (χ0v) is 19.5. The molecule has 3 nitrogen and oxygen atoms in total. The summed E-state index contributed by atoms with van der Waals surface area (Å²) in [6.45, 7) is 16.3. The van der Waals surface area contributed by atoms with Crippen molar-refractivity contribution in [3.63, 3.8) is 0 Å². The molecule has 0 atom stereocenters. The fourth-order valence-corrected chi connectivity index (χ4v) is 3.35. The summed E-state index contributed by atoms with van der Waals surface area (Å²) in [5.74, 6) is 1.41. The number of rotatable bonds is 9. The van der Waals surface area contributed by atoms with Crippen LogP contribution in [0.25, 0.3) is 11.1 Å². The number of allylic oxidation sites excluding steroid dienone is 11. The Labute approximate surface area is 192 Å². The fourth-order valence-electron chi connectivity index (χ4n) is 3.35. The molecule has 1 aromatic carbocycles. The van der Waals surface area contributed by atoms with Crippen molar-refractivity contribution in [3.05, 3.63) is 114 Å². The van der Waals surface area contributed by atoms with Gasteiger partial charge in [-0.1, -0.05) is 61.7 Å². The predicted molar refractivity (Wildman–Crippen MR) is 135 cm³/mol. The van der Waals surface area contributed by atoms with E-state index in [9.17, 15) is 0 Å². The average molecular weight is 426 g/mol. The normalized spacial score (nSPS) is 14.3. The lowest BCUT2D eigenvalue weighted by atomic mass is 9.92. The lowest BCUT2D eigenvalue weighted by Crippen LogP contribution is -2.00. The van der Waals surface area contributed by atoms with E-state index in [4.69, 9.17) is 14.7 Å². The number of benzene rings is 1. The number of nitrogens with zero attached hydrogens (tertiary/aromatic N) is 1. The Balaban J connectivity index is 2.34. The first-order chi connectivity index (χ1) is 15.3. The Morgan fingerprint density at radius 1 is 1.09 bits per heavy atom. The summed E-state index contributed by atoms with van der Waals surface area (Å²) in [6, 6.07) is 8.23. The van der Waals surface area contributed by atoms with E-state index in [1.54, 1.807) is 14.2 Å². The van der Waals surface area contributed by atoms with Crippen LogP contribution in [0.3, 0.4) is 0 Å². The summed E-state index contributed by atoms with van der Waals surface area (Å²) in [5, 5.41) is 9.04. The highest BCUT2D eigenvalue weighted by Crippen LogP contribution is 2.33. The number of ether oxygens (including phenoxy) is 2. The van der Waals surface area contributed by atoms with Crippen LogP contribution in [0.1, 0.15) is 37.8 Å². The Kier molecular flexibility index (Phi) is 8.86. The second-order valence-electron chi connectivity index (χ2n) is 7.55. The highest BCUT2D eigenvalue weighted by Gasteiger charge is 2.14. The highest BCUT2D eigenvalue weighted by atomic mass is 16.5. The van der Waals surface area contributed by atoms with Gasteiger partial charge in [0, 0.05) is 16.7 Å². The Morgan fingerprint density at radius 2 is 1.84 bits per heavy atom. The van der Waals surface area contributed by atoms with Crippen LogP contribution in [0.4, 0.5) is 0 Å². The molecule has 0 heterocycles. The second kappa shape index (κ2) is 11.6. The molecule has 164 valence electrons. The molecular weight excluding hydrogens is 394 g/mol. The summed E-state index contributed by atoms with van der Waals surface area (Å²) in [4.78, 5) is 0. The van der Waals surface area contributed by atoms with Crippen molar-refractivity contribution in [2.75, 3.05) is 14.2 Å². The molecule has 0 saturated heterocycles. The molecule has 2 rings (SSSR count). The topological polar surface area (TPSA) is 42.2 Å². The third-order valence-corrected chi connectivity index (χ3v) is 5.25. The maximum Gasteiger partial charge on any atom is 0.127 e. The molecule has 1 aromatic rings. The minimum atomic E-state index is 0.650. The molecule has 0 amide bonds. The minimum absolute atomic E-state index is 0.650. The van der Waals surface area contributed by atoms with Gasteiger partial charge in [0.2, 0.25) is 0 Å². The third-order valence-electron chi connectivity index (χ3n) is 5.25. The monoisotopic (exact) mass is 425 g/mol. The van der Waals surface area contributed by atoms with Crippen molar-refractivity contribution in [1.29, 1.82) is 5.26 Å². The summed E-state index contributed by atoms with van der Waals surface area (Å²) in [6.07, 6.45) is 13.2. The first kappa shape index (κ1) is 24.5. The molecule has 1 aliphatic rings. The average Bonchev–Trinajstić information content (AvgIpc) is 2.82. The van der Waals surface area contributed by atoms with Gasteiger partial charge in [0.25, 0.3) is 0 Å². The zero-order chi connectivity index (χ0) is 23.7. The molecule has 0 radical (unpaired) electrons. The lowest BCUT2D eigenvalue weighted by molar-refractivity contribution is 0.302. The Morgan fingerprint density at radius 3 is 2.38 bits per heavy atom. The van der Waals surface area contributed by atoms with Gasteiger partial charge in [-0.05, 0) is 67.2 Å². The minimum Gasteiger partial charge on any atom is -0.496 e. The van der Waals surface area contributed by atoms with Crippen LogP contribution in [-0.4, -0.2) is 14.2 Å². The van der Waals surface area contributed by atoms with Gasteiger partial charge in [-0.15, -0.1) is 0 Å². The van der Waals surface area contributed by atoms with Crippen LogP contribution in [-0.2, 0) is 4.74 Å². The summed E-state index contributed by atoms with van der Waals surface area (Å²) >= 11 is 0. The predicted octanol–water partition coefficient (Wildman–Crippen LogP) is 7.50. The smallest absolute Gasteiger partial charge is 0.127 e. The zero-order valence-electron chi connectivity index (χ0n) is 19.5. The van der Waals surface area contributed by atoms with Gasteiger partial charge in [-0.2, -0.15) is 5.26 Å². The fraction of sp³-hybridized carbons (Fsp3) is 0.207.